The zero-order chi connectivity index (χ0) is 18.4. The molecule has 134 valence electrons. The zero-order valence-corrected chi connectivity index (χ0v) is 15.0. The highest BCUT2D eigenvalue weighted by Crippen LogP contribution is 2.41. The van der Waals surface area contributed by atoms with Gasteiger partial charge in [-0.3, -0.25) is 0 Å². The van der Waals surface area contributed by atoms with Crippen molar-refractivity contribution in [2.75, 3.05) is 13.6 Å². The fourth-order valence-corrected chi connectivity index (χ4v) is 4.01. The SMILES string of the molecule is CN1Cc2c(ccc(-c3cccnn3)c2O)C(c2ccc3ccoc3c2)C1. The predicted octanol–water partition coefficient (Wildman–Crippen LogP) is 4.17. The van der Waals surface area contributed by atoms with Crippen LogP contribution in [0.15, 0.2) is 65.4 Å². The van der Waals surface area contributed by atoms with Crippen molar-refractivity contribution in [3.05, 3.63) is 77.7 Å². The Morgan fingerprint density at radius 3 is 2.93 bits per heavy atom. The highest BCUT2D eigenvalue weighted by molar-refractivity contribution is 5.78. The summed E-state index contributed by atoms with van der Waals surface area (Å²) in [4.78, 5) is 2.24. The van der Waals surface area contributed by atoms with E-state index in [0.717, 1.165) is 34.2 Å². The lowest BCUT2D eigenvalue weighted by molar-refractivity contribution is 0.288. The van der Waals surface area contributed by atoms with E-state index in [9.17, 15) is 5.11 Å². The van der Waals surface area contributed by atoms with Gasteiger partial charge in [0.1, 0.15) is 11.3 Å². The van der Waals surface area contributed by atoms with E-state index in [4.69, 9.17) is 4.42 Å². The van der Waals surface area contributed by atoms with Crippen molar-refractivity contribution in [2.45, 2.75) is 12.5 Å². The maximum absolute atomic E-state index is 11.0. The van der Waals surface area contributed by atoms with Crippen LogP contribution in [0.4, 0.5) is 0 Å². The molecular weight excluding hydrogens is 338 g/mol. The Hall–Kier alpha value is -3.18. The molecule has 0 saturated heterocycles. The van der Waals surface area contributed by atoms with Crippen LogP contribution in [0, 0.1) is 0 Å². The van der Waals surface area contributed by atoms with Crippen LogP contribution in [0.1, 0.15) is 22.6 Å². The molecular formula is C22H19N3O2. The van der Waals surface area contributed by atoms with Gasteiger partial charge >= 0.3 is 0 Å². The molecule has 0 radical (unpaired) electrons. The van der Waals surface area contributed by atoms with E-state index in [0.29, 0.717) is 18.0 Å². The van der Waals surface area contributed by atoms with Gasteiger partial charge in [0.2, 0.25) is 0 Å². The molecule has 0 amide bonds. The molecule has 0 aliphatic carbocycles. The molecule has 2 aromatic carbocycles. The average molecular weight is 357 g/mol. The summed E-state index contributed by atoms with van der Waals surface area (Å²) in [5.41, 5.74) is 5.59. The van der Waals surface area contributed by atoms with Gasteiger partial charge in [0.25, 0.3) is 0 Å². The van der Waals surface area contributed by atoms with Crippen molar-refractivity contribution in [3.63, 3.8) is 0 Å². The summed E-state index contributed by atoms with van der Waals surface area (Å²) in [6.07, 6.45) is 3.35. The first-order valence-electron chi connectivity index (χ1n) is 8.99. The summed E-state index contributed by atoms with van der Waals surface area (Å²) < 4.78 is 5.59. The van der Waals surface area contributed by atoms with Crippen LogP contribution in [0.2, 0.25) is 0 Å². The number of nitrogens with zero attached hydrogens (tertiary/aromatic N) is 3. The van der Waals surface area contributed by atoms with Gasteiger partial charge in [-0.2, -0.15) is 10.2 Å². The highest BCUT2D eigenvalue weighted by Gasteiger charge is 2.28. The van der Waals surface area contributed by atoms with Crippen LogP contribution < -0.4 is 0 Å². The number of rotatable bonds is 2. The molecule has 1 aliphatic rings. The fraction of sp³-hybridized carbons (Fsp3) is 0.182. The molecule has 0 saturated carbocycles. The average Bonchev–Trinajstić information content (AvgIpc) is 3.17. The summed E-state index contributed by atoms with van der Waals surface area (Å²) in [5, 5.41) is 20.2. The number of aromatic hydroxyl groups is 1. The molecule has 0 fully saturated rings. The van der Waals surface area contributed by atoms with Crippen molar-refractivity contribution < 1.29 is 9.52 Å². The quantitative estimate of drug-likeness (QED) is 0.583. The van der Waals surface area contributed by atoms with Gasteiger partial charge in [0.05, 0.1) is 12.0 Å². The molecule has 0 bridgehead atoms. The maximum Gasteiger partial charge on any atom is 0.134 e. The number of phenols is 1. The summed E-state index contributed by atoms with van der Waals surface area (Å²) >= 11 is 0. The third-order valence-electron chi connectivity index (χ3n) is 5.35. The Kier molecular flexibility index (Phi) is 3.69. The maximum atomic E-state index is 11.0. The number of furan rings is 1. The molecule has 27 heavy (non-hydrogen) atoms. The number of benzene rings is 2. The standard InChI is InChI=1S/C22H19N3O2/c1-25-12-18(15-5-4-14-8-10-27-21(14)11-15)16-6-7-17(22(26)19(16)13-25)20-3-2-9-23-24-20/h2-11,18,26H,12-13H2,1H3. The lowest BCUT2D eigenvalue weighted by Gasteiger charge is -2.33. The van der Waals surface area contributed by atoms with E-state index in [2.05, 4.69) is 46.4 Å². The van der Waals surface area contributed by atoms with Crippen LogP contribution in [0.25, 0.3) is 22.2 Å². The van der Waals surface area contributed by atoms with Crippen LogP contribution >= 0.6 is 0 Å². The van der Waals surface area contributed by atoms with E-state index in [1.165, 1.54) is 5.56 Å². The number of hydrogen-bond donors (Lipinski definition) is 1. The third kappa shape index (κ3) is 2.67. The number of likely N-dealkylation sites (N-methyl/N-ethyl adjacent to an activating group) is 1. The Balaban J connectivity index is 1.64. The molecule has 1 N–H and O–H groups in total. The molecule has 5 heteroatoms. The van der Waals surface area contributed by atoms with Crippen molar-refractivity contribution in [1.82, 2.24) is 15.1 Å². The van der Waals surface area contributed by atoms with Gasteiger partial charge in [-0.1, -0.05) is 18.2 Å². The van der Waals surface area contributed by atoms with Gasteiger partial charge in [0, 0.05) is 41.7 Å². The Bertz CT molecular complexity index is 1120. The van der Waals surface area contributed by atoms with E-state index < -0.39 is 0 Å². The third-order valence-corrected chi connectivity index (χ3v) is 5.35. The predicted molar refractivity (Wildman–Crippen MR) is 104 cm³/mol. The zero-order valence-electron chi connectivity index (χ0n) is 15.0. The summed E-state index contributed by atoms with van der Waals surface area (Å²) in [5.74, 6) is 0.471. The van der Waals surface area contributed by atoms with Crippen molar-refractivity contribution in [3.8, 4) is 17.0 Å². The van der Waals surface area contributed by atoms with E-state index in [1.807, 2.05) is 24.3 Å². The molecule has 5 rings (SSSR count). The molecule has 1 aliphatic heterocycles. The smallest absolute Gasteiger partial charge is 0.134 e. The van der Waals surface area contributed by atoms with Crippen molar-refractivity contribution in [1.29, 1.82) is 0 Å². The molecule has 2 aromatic heterocycles. The molecule has 1 atom stereocenters. The lowest BCUT2D eigenvalue weighted by atomic mass is 9.83. The van der Waals surface area contributed by atoms with E-state index >= 15 is 0 Å². The summed E-state index contributed by atoms with van der Waals surface area (Å²) in [6, 6.07) is 16.1. The van der Waals surface area contributed by atoms with Crippen LogP contribution in [0.5, 0.6) is 5.75 Å². The largest absolute Gasteiger partial charge is 0.507 e. The number of hydrogen-bond acceptors (Lipinski definition) is 5. The van der Waals surface area contributed by atoms with Gasteiger partial charge in [0.15, 0.2) is 0 Å². The van der Waals surface area contributed by atoms with Crippen LogP contribution in [-0.2, 0) is 6.54 Å². The first kappa shape index (κ1) is 16.0. The topological polar surface area (TPSA) is 62.4 Å². The monoisotopic (exact) mass is 357 g/mol. The molecule has 4 aromatic rings. The Morgan fingerprint density at radius 2 is 2.07 bits per heavy atom. The lowest BCUT2D eigenvalue weighted by Crippen LogP contribution is -2.31. The summed E-state index contributed by atoms with van der Waals surface area (Å²) in [6.45, 7) is 1.60. The second-order valence-electron chi connectivity index (χ2n) is 7.11. The fourth-order valence-electron chi connectivity index (χ4n) is 4.01. The van der Waals surface area contributed by atoms with E-state index in [-0.39, 0.29) is 5.92 Å². The van der Waals surface area contributed by atoms with Gasteiger partial charge in [-0.15, -0.1) is 0 Å². The molecule has 3 heterocycles. The minimum atomic E-state index is 0.176. The summed E-state index contributed by atoms with van der Waals surface area (Å²) in [7, 11) is 2.08. The first-order chi connectivity index (χ1) is 13.2. The first-order valence-corrected chi connectivity index (χ1v) is 8.99. The number of aromatic nitrogens is 2. The molecule has 0 spiro atoms. The number of fused-ring (bicyclic) bond motifs is 2. The van der Waals surface area contributed by atoms with Crippen molar-refractivity contribution in [2.24, 2.45) is 0 Å². The molecule has 5 nitrogen and oxygen atoms in total. The normalized spacial score (nSPS) is 17.1. The van der Waals surface area contributed by atoms with Gasteiger partial charge < -0.3 is 14.4 Å². The van der Waals surface area contributed by atoms with Crippen molar-refractivity contribution >= 4 is 11.0 Å². The van der Waals surface area contributed by atoms with Crippen LogP contribution in [-0.4, -0.2) is 33.8 Å². The molecule has 1 unspecified atom stereocenters. The Labute approximate surface area is 156 Å². The van der Waals surface area contributed by atoms with E-state index in [1.54, 1.807) is 12.5 Å². The van der Waals surface area contributed by atoms with Gasteiger partial charge in [-0.05, 0) is 48.5 Å². The Morgan fingerprint density at radius 1 is 1.15 bits per heavy atom. The second kappa shape index (κ2) is 6.21. The second-order valence-corrected chi connectivity index (χ2v) is 7.11. The van der Waals surface area contributed by atoms with Crippen LogP contribution in [0.3, 0.4) is 0 Å². The highest BCUT2D eigenvalue weighted by atomic mass is 16.3. The van der Waals surface area contributed by atoms with Gasteiger partial charge in [-0.25, -0.2) is 0 Å². The minimum Gasteiger partial charge on any atom is -0.507 e. The minimum absolute atomic E-state index is 0.176. The number of phenolic OH excluding ortho intramolecular Hbond substituents is 1.